The highest BCUT2D eigenvalue weighted by atomic mass is 16.5. The Bertz CT molecular complexity index is 1890. The number of anilines is 3. The third-order valence-corrected chi connectivity index (χ3v) is 7.60. The SMILES string of the molecule is Cc1ccc(-n2c3ccccc3c3ccccc32)cc1.Cc1ccc(N2c3ccccc3Oc3ccccc32)cc1. The number of hydrogen-bond donors (Lipinski definition) is 0. The van der Waals surface area contributed by atoms with Crippen LogP contribution in [0.1, 0.15) is 11.1 Å². The highest BCUT2D eigenvalue weighted by Crippen LogP contribution is 2.49. The lowest BCUT2D eigenvalue weighted by Crippen LogP contribution is -2.15. The van der Waals surface area contributed by atoms with Gasteiger partial charge in [-0.25, -0.2) is 0 Å². The van der Waals surface area contributed by atoms with E-state index >= 15 is 0 Å². The lowest BCUT2D eigenvalue weighted by atomic mass is 10.1. The lowest BCUT2D eigenvalue weighted by molar-refractivity contribution is 0.477. The van der Waals surface area contributed by atoms with Crippen LogP contribution in [-0.4, -0.2) is 4.57 Å². The molecule has 8 rings (SSSR count). The molecule has 3 heteroatoms. The average molecular weight is 531 g/mol. The summed E-state index contributed by atoms with van der Waals surface area (Å²) in [6, 6.07) is 50.7. The summed E-state index contributed by atoms with van der Waals surface area (Å²) in [7, 11) is 0. The molecule has 0 unspecified atom stereocenters. The van der Waals surface area contributed by atoms with Gasteiger partial charge < -0.3 is 14.2 Å². The molecule has 0 atom stereocenters. The predicted molar refractivity (Wildman–Crippen MR) is 171 cm³/mol. The first-order valence-electron chi connectivity index (χ1n) is 14.0. The molecule has 3 nitrogen and oxygen atoms in total. The second-order valence-corrected chi connectivity index (χ2v) is 10.4. The van der Waals surface area contributed by atoms with Crippen LogP contribution in [0.4, 0.5) is 17.1 Å². The third-order valence-electron chi connectivity index (χ3n) is 7.60. The average Bonchev–Trinajstić information content (AvgIpc) is 3.36. The zero-order valence-electron chi connectivity index (χ0n) is 23.2. The molecule has 0 saturated carbocycles. The molecule has 0 radical (unpaired) electrons. The summed E-state index contributed by atoms with van der Waals surface area (Å²) >= 11 is 0. The van der Waals surface area contributed by atoms with Gasteiger partial charge in [0, 0.05) is 22.1 Å². The maximum absolute atomic E-state index is 6.01. The van der Waals surface area contributed by atoms with Crippen LogP contribution in [0.25, 0.3) is 27.5 Å². The van der Waals surface area contributed by atoms with Gasteiger partial charge in [0.15, 0.2) is 11.5 Å². The summed E-state index contributed by atoms with van der Waals surface area (Å²) in [4.78, 5) is 2.24. The summed E-state index contributed by atoms with van der Waals surface area (Å²) in [6.45, 7) is 4.22. The van der Waals surface area contributed by atoms with Gasteiger partial charge in [0.05, 0.1) is 22.4 Å². The van der Waals surface area contributed by atoms with Crippen molar-refractivity contribution in [3.63, 3.8) is 0 Å². The third kappa shape index (κ3) is 4.52. The molecule has 198 valence electrons. The van der Waals surface area contributed by atoms with Gasteiger partial charge in [0.1, 0.15) is 0 Å². The first-order chi connectivity index (χ1) is 20.2. The number of ether oxygens (including phenoxy) is 1. The van der Waals surface area contributed by atoms with Gasteiger partial charge in [-0.1, -0.05) is 96.1 Å². The number of para-hydroxylation sites is 6. The normalized spacial score (nSPS) is 11.8. The van der Waals surface area contributed by atoms with Crippen molar-refractivity contribution in [2.75, 3.05) is 4.90 Å². The van der Waals surface area contributed by atoms with E-state index in [1.54, 1.807) is 0 Å². The van der Waals surface area contributed by atoms with Crippen LogP contribution in [0, 0.1) is 13.8 Å². The molecule has 0 bridgehead atoms. The molecular formula is C38H30N2O. The second-order valence-electron chi connectivity index (χ2n) is 10.4. The summed E-state index contributed by atoms with van der Waals surface area (Å²) in [5, 5.41) is 2.62. The zero-order chi connectivity index (χ0) is 27.8. The van der Waals surface area contributed by atoms with Crippen molar-refractivity contribution in [2.24, 2.45) is 0 Å². The highest BCUT2D eigenvalue weighted by Gasteiger charge is 2.24. The van der Waals surface area contributed by atoms with Gasteiger partial charge in [-0.05, 0) is 74.5 Å². The Morgan fingerprint density at radius 1 is 0.415 bits per heavy atom. The van der Waals surface area contributed by atoms with Crippen molar-refractivity contribution in [3.05, 3.63) is 157 Å². The summed E-state index contributed by atoms with van der Waals surface area (Å²) < 4.78 is 8.35. The fraction of sp³-hybridized carbons (Fsp3) is 0.0526. The van der Waals surface area contributed by atoms with Crippen LogP contribution in [0.3, 0.4) is 0 Å². The smallest absolute Gasteiger partial charge is 0.151 e. The first kappa shape index (κ1) is 24.7. The molecule has 6 aromatic carbocycles. The molecule has 1 aliphatic heterocycles. The Kier molecular flexibility index (Phi) is 6.25. The Morgan fingerprint density at radius 2 is 0.829 bits per heavy atom. The van der Waals surface area contributed by atoms with Gasteiger partial charge in [-0.15, -0.1) is 0 Å². The van der Waals surface area contributed by atoms with Crippen molar-refractivity contribution >= 4 is 38.9 Å². The molecule has 0 amide bonds. The van der Waals surface area contributed by atoms with Crippen LogP contribution in [0.15, 0.2) is 146 Å². The maximum Gasteiger partial charge on any atom is 0.151 e. The van der Waals surface area contributed by atoms with Gasteiger partial charge in [0.25, 0.3) is 0 Å². The Hall–Kier alpha value is -5.28. The molecular weight excluding hydrogens is 500 g/mol. The fourth-order valence-corrected chi connectivity index (χ4v) is 5.57. The van der Waals surface area contributed by atoms with E-state index in [9.17, 15) is 0 Å². The van der Waals surface area contributed by atoms with Crippen molar-refractivity contribution in [1.82, 2.24) is 4.57 Å². The van der Waals surface area contributed by atoms with E-state index in [2.05, 4.69) is 133 Å². The predicted octanol–water partition coefficient (Wildman–Crippen LogP) is 10.7. The molecule has 0 fully saturated rings. The van der Waals surface area contributed by atoms with Crippen LogP contribution >= 0.6 is 0 Å². The number of aryl methyl sites for hydroxylation is 2. The van der Waals surface area contributed by atoms with E-state index in [0.29, 0.717) is 0 Å². The van der Waals surface area contributed by atoms with Gasteiger partial charge in [-0.3, -0.25) is 0 Å². The van der Waals surface area contributed by atoms with Crippen molar-refractivity contribution in [2.45, 2.75) is 13.8 Å². The van der Waals surface area contributed by atoms with Gasteiger partial charge in [-0.2, -0.15) is 0 Å². The Morgan fingerprint density at radius 3 is 1.34 bits per heavy atom. The molecule has 7 aromatic rings. The summed E-state index contributed by atoms with van der Waals surface area (Å²) in [5.74, 6) is 1.77. The largest absolute Gasteiger partial charge is 0.453 e. The van der Waals surface area contributed by atoms with E-state index < -0.39 is 0 Å². The molecule has 0 saturated heterocycles. The Labute approximate surface area is 240 Å². The number of fused-ring (bicyclic) bond motifs is 5. The number of aromatic nitrogens is 1. The standard InChI is InChI=1S/C19H15NO.C19H15N/c1-14-10-12-15(13-11-14)20-16-6-2-4-8-18(16)21-19-9-5-3-7-17(19)20;1-14-10-12-15(13-11-14)20-18-8-4-2-6-16(18)17-7-3-5-9-19(17)20/h2-13H,1H3;2-13H,1H3. The van der Waals surface area contributed by atoms with Crippen LogP contribution < -0.4 is 9.64 Å². The number of rotatable bonds is 2. The highest BCUT2D eigenvalue weighted by molar-refractivity contribution is 6.09. The quantitative estimate of drug-likeness (QED) is 0.221. The van der Waals surface area contributed by atoms with E-state index in [-0.39, 0.29) is 0 Å². The van der Waals surface area contributed by atoms with E-state index in [1.165, 1.54) is 38.6 Å². The second kappa shape index (κ2) is 10.4. The molecule has 0 spiro atoms. The van der Waals surface area contributed by atoms with Crippen LogP contribution in [-0.2, 0) is 0 Å². The first-order valence-corrected chi connectivity index (χ1v) is 14.0. The molecule has 1 aliphatic rings. The maximum atomic E-state index is 6.01. The molecule has 0 aliphatic carbocycles. The minimum atomic E-state index is 0.886. The van der Waals surface area contributed by atoms with E-state index in [1.807, 2.05) is 36.4 Å². The van der Waals surface area contributed by atoms with Crippen molar-refractivity contribution in [3.8, 4) is 17.2 Å². The summed E-state index contributed by atoms with van der Waals surface area (Å²) in [6.07, 6.45) is 0. The lowest BCUT2D eigenvalue weighted by Gasteiger charge is -2.32. The summed E-state index contributed by atoms with van der Waals surface area (Å²) in [5.41, 5.74) is 9.56. The monoisotopic (exact) mass is 530 g/mol. The molecule has 1 aromatic heterocycles. The van der Waals surface area contributed by atoms with Crippen molar-refractivity contribution in [1.29, 1.82) is 0 Å². The fourth-order valence-electron chi connectivity index (χ4n) is 5.57. The van der Waals surface area contributed by atoms with Gasteiger partial charge >= 0.3 is 0 Å². The number of benzene rings is 6. The van der Waals surface area contributed by atoms with Crippen LogP contribution in [0.2, 0.25) is 0 Å². The number of nitrogens with zero attached hydrogens (tertiary/aromatic N) is 2. The van der Waals surface area contributed by atoms with Crippen LogP contribution in [0.5, 0.6) is 11.5 Å². The molecule has 41 heavy (non-hydrogen) atoms. The minimum Gasteiger partial charge on any atom is -0.453 e. The van der Waals surface area contributed by atoms with Crippen molar-refractivity contribution < 1.29 is 4.74 Å². The topological polar surface area (TPSA) is 17.4 Å². The molecule has 2 heterocycles. The van der Waals surface area contributed by atoms with E-state index in [4.69, 9.17) is 4.74 Å². The molecule has 0 N–H and O–H groups in total. The minimum absolute atomic E-state index is 0.886. The Balaban J connectivity index is 0.000000135. The van der Waals surface area contributed by atoms with Gasteiger partial charge in [0.2, 0.25) is 0 Å². The number of hydrogen-bond acceptors (Lipinski definition) is 2. The van der Waals surface area contributed by atoms with E-state index in [0.717, 1.165) is 28.6 Å². The zero-order valence-corrected chi connectivity index (χ0v) is 23.2.